The molecule has 3 aromatic rings. The quantitative estimate of drug-likeness (QED) is 0.0523. The molecule has 2 fully saturated rings. The summed E-state index contributed by atoms with van der Waals surface area (Å²) in [5.41, 5.74) is 3.28. The lowest BCUT2D eigenvalue weighted by atomic mass is 9.55. The molecule has 2 heterocycles. The number of nitrogens with zero attached hydrogens (tertiary/aromatic N) is 3. The standard InChI is InChI=1S/C46H53N3O11/c1-3-21-58-46-42(48(45(52)30-14-15-30)27-29-13-17-40-41(22-29)57-28-56-40)26-38(47-55-2)36-23-31(9-4-6-19-50)35(12-5-7-20-51)43(44(36)46)37-25-34(16-18-39(37)60-46)59-33-11-8-10-32(24-33)49(53)54/h3,8,10-11,13,16-18,22-25,30-31,35,42-44,50-51H,1,4-7,9,12,14-15,19-21,26-28H2,2H3. The number of carbonyl (C=O) groups excluding carboxylic acids is 1. The van der Waals surface area contributed by atoms with E-state index >= 15 is 0 Å². The average molecular weight is 824 g/mol. The summed E-state index contributed by atoms with van der Waals surface area (Å²) in [5, 5.41) is 36.1. The molecule has 14 nitrogen and oxygen atoms in total. The number of unbranched alkanes of at least 4 members (excludes halogenated alkanes) is 2. The van der Waals surface area contributed by atoms with E-state index in [1.54, 1.807) is 24.3 Å². The molecule has 5 aliphatic rings. The molecule has 0 radical (unpaired) electrons. The van der Waals surface area contributed by atoms with E-state index in [-0.39, 0.29) is 74.8 Å². The maximum atomic E-state index is 14.8. The molecule has 2 N–H and O–H groups in total. The highest BCUT2D eigenvalue weighted by Crippen LogP contribution is 2.62. The molecule has 14 heteroatoms. The van der Waals surface area contributed by atoms with Gasteiger partial charge in [0.05, 0.1) is 29.2 Å². The monoisotopic (exact) mass is 823 g/mol. The number of nitro benzene ring substituents is 1. The van der Waals surface area contributed by atoms with Crippen LogP contribution in [0.5, 0.6) is 28.7 Å². The number of nitro groups is 1. The van der Waals surface area contributed by atoms with Crippen LogP contribution in [0.2, 0.25) is 0 Å². The van der Waals surface area contributed by atoms with Crippen LogP contribution in [-0.2, 0) is 20.9 Å². The maximum absolute atomic E-state index is 14.8. The Morgan fingerprint density at radius 1 is 1.00 bits per heavy atom. The number of allylic oxidation sites excluding steroid dienone is 1. The Hall–Kier alpha value is -5.44. The number of oxime groups is 1. The SMILES string of the molecule is C=CCOC12Oc3ccc(Oc4cccc([N+](=O)[O-])c4)cc3C3C(CCCCO)C(CCCCO)C=C(C(=NOC)CC1N(Cc1ccc4c(c1)OCO4)C(=O)C1CC1)C32. The molecule has 3 aliphatic carbocycles. The minimum absolute atomic E-state index is 0.00674. The molecule has 60 heavy (non-hydrogen) atoms. The molecule has 0 spiro atoms. The van der Waals surface area contributed by atoms with Crippen LogP contribution in [0.1, 0.15) is 74.8 Å². The van der Waals surface area contributed by atoms with Crippen LogP contribution in [-0.4, -0.2) is 77.2 Å². The average Bonchev–Trinajstić information content (AvgIpc) is 4.00. The Balaban J connectivity index is 1.31. The number of hydrogen-bond donors (Lipinski definition) is 2. The fourth-order valence-corrected chi connectivity index (χ4v) is 9.76. The molecule has 0 bridgehead atoms. The van der Waals surface area contributed by atoms with E-state index in [0.717, 1.165) is 55.2 Å². The minimum Gasteiger partial charge on any atom is -0.459 e. The van der Waals surface area contributed by atoms with Crippen molar-refractivity contribution in [3.63, 3.8) is 0 Å². The molecule has 1 amide bonds. The van der Waals surface area contributed by atoms with Crippen LogP contribution in [0.3, 0.4) is 0 Å². The summed E-state index contributed by atoms with van der Waals surface area (Å²) in [5.74, 6) is 0.398. The van der Waals surface area contributed by atoms with E-state index in [1.165, 1.54) is 19.2 Å². The van der Waals surface area contributed by atoms with Crippen LogP contribution < -0.4 is 18.9 Å². The number of fused-ring (bicyclic) bond motifs is 3. The maximum Gasteiger partial charge on any atom is 0.273 e. The Morgan fingerprint density at radius 2 is 1.77 bits per heavy atom. The zero-order valence-corrected chi connectivity index (χ0v) is 33.9. The van der Waals surface area contributed by atoms with Crippen molar-refractivity contribution in [3.05, 3.63) is 106 Å². The van der Waals surface area contributed by atoms with Crippen molar-refractivity contribution in [1.29, 1.82) is 0 Å². The predicted molar refractivity (Wildman–Crippen MR) is 221 cm³/mol. The van der Waals surface area contributed by atoms with E-state index in [0.29, 0.717) is 47.3 Å². The van der Waals surface area contributed by atoms with Gasteiger partial charge in [0.1, 0.15) is 30.4 Å². The summed E-state index contributed by atoms with van der Waals surface area (Å²) < 4.78 is 32.1. The predicted octanol–water partition coefficient (Wildman–Crippen LogP) is 7.82. The highest BCUT2D eigenvalue weighted by Gasteiger charge is 2.66. The highest BCUT2D eigenvalue weighted by molar-refractivity contribution is 6.03. The first kappa shape index (κ1) is 41.3. The molecule has 6 unspecified atom stereocenters. The van der Waals surface area contributed by atoms with Crippen molar-refractivity contribution in [2.24, 2.45) is 28.8 Å². The Bertz CT molecular complexity index is 2140. The van der Waals surface area contributed by atoms with E-state index in [4.69, 9.17) is 28.5 Å². The van der Waals surface area contributed by atoms with Crippen molar-refractivity contribution in [3.8, 4) is 28.7 Å². The van der Waals surface area contributed by atoms with Gasteiger partial charge >= 0.3 is 0 Å². The molecule has 6 atom stereocenters. The molecule has 0 saturated heterocycles. The first-order chi connectivity index (χ1) is 29.3. The fourth-order valence-electron chi connectivity index (χ4n) is 9.76. The van der Waals surface area contributed by atoms with Crippen molar-refractivity contribution in [2.45, 2.75) is 82.1 Å². The van der Waals surface area contributed by atoms with Gasteiger partial charge in [-0.2, -0.15) is 0 Å². The number of benzene rings is 3. The smallest absolute Gasteiger partial charge is 0.273 e. The summed E-state index contributed by atoms with van der Waals surface area (Å²) in [6.07, 6.45) is 10.3. The molecule has 8 rings (SSSR count). The lowest BCUT2D eigenvalue weighted by Crippen LogP contribution is -2.70. The number of non-ortho nitro benzene ring substituents is 1. The van der Waals surface area contributed by atoms with Crippen LogP contribution in [0, 0.1) is 33.8 Å². The number of rotatable bonds is 19. The molecule has 3 aromatic carbocycles. The lowest BCUT2D eigenvalue weighted by molar-refractivity contribution is -0.384. The van der Waals surface area contributed by atoms with Gasteiger partial charge in [-0.25, -0.2) is 0 Å². The van der Waals surface area contributed by atoms with Crippen molar-refractivity contribution in [1.82, 2.24) is 4.90 Å². The first-order valence-electron chi connectivity index (χ1n) is 21.0. The van der Waals surface area contributed by atoms with Crippen LogP contribution in [0.15, 0.2) is 90.1 Å². The molecular weight excluding hydrogens is 771 g/mol. The second-order valence-corrected chi connectivity index (χ2v) is 16.2. The van der Waals surface area contributed by atoms with Gasteiger partial charge in [-0.3, -0.25) is 14.9 Å². The van der Waals surface area contributed by atoms with E-state index in [9.17, 15) is 25.1 Å². The van der Waals surface area contributed by atoms with E-state index in [2.05, 4.69) is 17.8 Å². The number of carbonyl (C=O) groups is 1. The molecule has 318 valence electrons. The van der Waals surface area contributed by atoms with Gasteiger partial charge in [0.2, 0.25) is 18.5 Å². The first-order valence-corrected chi connectivity index (χ1v) is 21.0. The molecule has 2 aliphatic heterocycles. The Labute approximate surface area is 349 Å². The highest BCUT2D eigenvalue weighted by atomic mass is 16.7. The van der Waals surface area contributed by atoms with Gasteiger partial charge in [-0.05, 0) is 97.9 Å². The number of hydrogen-bond acceptors (Lipinski definition) is 12. The van der Waals surface area contributed by atoms with Gasteiger partial charge in [0.25, 0.3) is 5.69 Å². The zero-order chi connectivity index (χ0) is 41.8. The summed E-state index contributed by atoms with van der Waals surface area (Å²) in [4.78, 5) is 33.4. The number of amides is 1. The normalized spacial score (nSPS) is 25.4. The molecule has 0 aromatic heterocycles. The number of ether oxygens (including phenoxy) is 5. The second-order valence-electron chi connectivity index (χ2n) is 16.2. The minimum atomic E-state index is -1.42. The van der Waals surface area contributed by atoms with Gasteiger partial charge in [0.15, 0.2) is 11.5 Å². The van der Waals surface area contributed by atoms with Crippen molar-refractivity contribution >= 4 is 17.3 Å². The third-order valence-electron chi connectivity index (χ3n) is 12.5. The second kappa shape index (κ2) is 18.0. The van der Waals surface area contributed by atoms with Crippen molar-refractivity contribution in [2.75, 3.05) is 33.7 Å². The van der Waals surface area contributed by atoms with Crippen LogP contribution >= 0.6 is 0 Å². The third kappa shape index (κ3) is 8.20. The summed E-state index contributed by atoms with van der Waals surface area (Å²) in [7, 11) is 1.53. The van der Waals surface area contributed by atoms with Crippen LogP contribution in [0.4, 0.5) is 5.69 Å². The number of aliphatic hydroxyl groups excluding tert-OH is 2. The molecule has 2 saturated carbocycles. The summed E-state index contributed by atoms with van der Waals surface area (Å²) in [6.45, 7) is 4.70. The van der Waals surface area contributed by atoms with Gasteiger partial charge in [0, 0.05) is 49.6 Å². The van der Waals surface area contributed by atoms with Gasteiger partial charge in [-0.1, -0.05) is 42.3 Å². The Kier molecular flexibility index (Phi) is 12.4. The van der Waals surface area contributed by atoms with Gasteiger partial charge < -0.3 is 43.6 Å². The van der Waals surface area contributed by atoms with E-state index in [1.807, 2.05) is 35.2 Å². The summed E-state index contributed by atoms with van der Waals surface area (Å²) >= 11 is 0. The lowest BCUT2D eigenvalue weighted by Gasteiger charge is -2.60. The van der Waals surface area contributed by atoms with Crippen molar-refractivity contribution < 1.29 is 48.5 Å². The fraction of sp³-hybridized carbons (Fsp3) is 0.478. The Morgan fingerprint density at radius 3 is 2.52 bits per heavy atom. The molecular formula is C46H53N3O11. The largest absolute Gasteiger partial charge is 0.459 e. The van der Waals surface area contributed by atoms with Crippen LogP contribution in [0.25, 0.3) is 0 Å². The zero-order valence-electron chi connectivity index (χ0n) is 33.9. The summed E-state index contributed by atoms with van der Waals surface area (Å²) in [6, 6.07) is 16.8. The van der Waals surface area contributed by atoms with E-state index < -0.39 is 22.7 Å². The third-order valence-corrected chi connectivity index (χ3v) is 12.5. The van der Waals surface area contributed by atoms with Gasteiger partial charge in [-0.15, -0.1) is 6.58 Å². The topological polar surface area (TPSA) is 172 Å². The number of aliphatic hydroxyl groups is 2.